The Morgan fingerprint density at radius 1 is 1.12 bits per heavy atom. The van der Waals surface area contributed by atoms with Crippen LogP contribution in [0.1, 0.15) is 44.1 Å². The van der Waals surface area contributed by atoms with Crippen LogP contribution in [0.5, 0.6) is 0 Å². The molecule has 2 aliphatic rings. The monoisotopic (exact) mass is 231 g/mol. The van der Waals surface area contributed by atoms with Crippen molar-refractivity contribution in [2.45, 2.75) is 56.8 Å². The smallest absolute Gasteiger partial charge is 0.119 e. The molecular formula is C15H21NO. The van der Waals surface area contributed by atoms with Gasteiger partial charge in [-0.25, -0.2) is 0 Å². The average molecular weight is 231 g/mol. The zero-order valence-corrected chi connectivity index (χ0v) is 10.3. The molecular weight excluding hydrogens is 210 g/mol. The van der Waals surface area contributed by atoms with Crippen LogP contribution in [0, 0.1) is 0 Å². The van der Waals surface area contributed by atoms with E-state index in [2.05, 4.69) is 35.2 Å². The van der Waals surface area contributed by atoms with Crippen LogP contribution >= 0.6 is 0 Å². The Morgan fingerprint density at radius 2 is 1.76 bits per heavy atom. The van der Waals surface area contributed by atoms with Gasteiger partial charge in [-0.2, -0.15) is 0 Å². The highest BCUT2D eigenvalue weighted by molar-refractivity contribution is 5.15. The SMILES string of the molecule is OC12CCCC(CCC1)N2Cc1ccccc1. The topological polar surface area (TPSA) is 23.5 Å². The van der Waals surface area contributed by atoms with E-state index in [0.29, 0.717) is 6.04 Å². The van der Waals surface area contributed by atoms with Crippen LogP contribution in [0.15, 0.2) is 30.3 Å². The minimum Gasteiger partial charge on any atom is -0.376 e. The van der Waals surface area contributed by atoms with Gasteiger partial charge in [0.25, 0.3) is 0 Å². The number of benzene rings is 1. The lowest BCUT2D eigenvalue weighted by Gasteiger charge is -2.52. The van der Waals surface area contributed by atoms with Crippen molar-refractivity contribution in [3.63, 3.8) is 0 Å². The van der Waals surface area contributed by atoms with Crippen molar-refractivity contribution in [1.29, 1.82) is 0 Å². The second-order valence-electron chi connectivity index (χ2n) is 5.53. The Kier molecular flexibility index (Phi) is 2.93. The Morgan fingerprint density at radius 3 is 2.35 bits per heavy atom. The number of fused-ring (bicyclic) bond motifs is 2. The van der Waals surface area contributed by atoms with E-state index in [1.807, 2.05) is 0 Å². The molecule has 3 rings (SSSR count). The van der Waals surface area contributed by atoms with Crippen LogP contribution in [-0.2, 0) is 6.54 Å². The van der Waals surface area contributed by atoms with E-state index in [0.717, 1.165) is 19.4 Å². The molecule has 0 atom stereocenters. The lowest BCUT2D eigenvalue weighted by molar-refractivity contribution is -0.184. The van der Waals surface area contributed by atoms with Crippen molar-refractivity contribution in [1.82, 2.24) is 4.90 Å². The quantitative estimate of drug-likeness (QED) is 0.846. The lowest BCUT2D eigenvalue weighted by atomic mass is 9.81. The van der Waals surface area contributed by atoms with Crippen molar-refractivity contribution in [3.05, 3.63) is 35.9 Å². The summed E-state index contributed by atoms with van der Waals surface area (Å²) in [6, 6.07) is 11.1. The molecule has 2 nitrogen and oxygen atoms in total. The summed E-state index contributed by atoms with van der Waals surface area (Å²) in [5, 5.41) is 10.7. The van der Waals surface area contributed by atoms with E-state index >= 15 is 0 Å². The molecule has 0 aromatic heterocycles. The second kappa shape index (κ2) is 4.43. The van der Waals surface area contributed by atoms with Crippen molar-refractivity contribution < 1.29 is 5.11 Å². The van der Waals surface area contributed by atoms with E-state index in [1.54, 1.807) is 0 Å². The molecule has 0 spiro atoms. The van der Waals surface area contributed by atoms with Gasteiger partial charge in [-0.15, -0.1) is 0 Å². The van der Waals surface area contributed by atoms with Crippen molar-refractivity contribution in [2.24, 2.45) is 0 Å². The third-order valence-electron chi connectivity index (χ3n) is 4.40. The summed E-state index contributed by atoms with van der Waals surface area (Å²) in [5.74, 6) is 0. The summed E-state index contributed by atoms with van der Waals surface area (Å²) in [4.78, 5) is 2.36. The van der Waals surface area contributed by atoms with Gasteiger partial charge in [0.1, 0.15) is 5.72 Å². The van der Waals surface area contributed by atoms with E-state index in [-0.39, 0.29) is 0 Å². The molecule has 2 bridgehead atoms. The number of piperidine rings is 2. The number of hydrogen-bond acceptors (Lipinski definition) is 2. The van der Waals surface area contributed by atoms with Gasteiger partial charge in [0.15, 0.2) is 0 Å². The van der Waals surface area contributed by atoms with Crippen molar-refractivity contribution in [3.8, 4) is 0 Å². The van der Waals surface area contributed by atoms with E-state index in [9.17, 15) is 5.11 Å². The zero-order chi connectivity index (χ0) is 11.7. The summed E-state index contributed by atoms with van der Waals surface area (Å²) in [5.41, 5.74) is 0.802. The first-order valence-electron chi connectivity index (χ1n) is 6.81. The normalized spacial score (nSPS) is 33.6. The molecule has 17 heavy (non-hydrogen) atoms. The van der Waals surface area contributed by atoms with Crippen LogP contribution < -0.4 is 0 Å². The van der Waals surface area contributed by atoms with Gasteiger partial charge in [0.2, 0.25) is 0 Å². The minimum atomic E-state index is -0.517. The maximum absolute atomic E-state index is 10.7. The second-order valence-corrected chi connectivity index (χ2v) is 5.53. The Labute approximate surface area is 103 Å². The first-order valence-corrected chi connectivity index (χ1v) is 6.81. The van der Waals surface area contributed by atoms with Gasteiger partial charge >= 0.3 is 0 Å². The summed E-state index contributed by atoms with van der Waals surface area (Å²) in [7, 11) is 0. The molecule has 0 aliphatic carbocycles. The molecule has 2 fully saturated rings. The third-order valence-corrected chi connectivity index (χ3v) is 4.40. The van der Waals surface area contributed by atoms with Crippen LogP contribution in [0.4, 0.5) is 0 Å². The molecule has 2 heteroatoms. The fraction of sp³-hybridized carbons (Fsp3) is 0.600. The van der Waals surface area contributed by atoms with Crippen LogP contribution in [-0.4, -0.2) is 21.8 Å². The molecule has 2 saturated heterocycles. The molecule has 0 saturated carbocycles. The summed E-state index contributed by atoms with van der Waals surface area (Å²) < 4.78 is 0. The van der Waals surface area contributed by atoms with E-state index in [1.165, 1.54) is 31.2 Å². The van der Waals surface area contributed by atoms with E-state index in [4.69, 9.17) is 0 Å². The average Bonchev–Trinajstić information content (AvgIpc) is 2.32. The number of rotatable bonds is 2. The van der Waals surface area contributed by atoms with E-state index < -0.39 is 5.72 Å². The largest absolute Gasteiger partial charge is 0.376 e. The van der Waals surface area contributed by atoms with Crippen LogP contribution in [0.3, 0.4) is 0 Å². The maximum atomic E-state index is 10.7. The molecule has 92 valence electrons. The summed E-state index contributed by atoms with van der Waals surface area (Å²) in [6.45, 7) is 0.905. The lowest BCUT2D eigenvalue weighted by Crippen LogP contribution is -2.58. The molecule has 1 aromatic carbocycles. The van der Waals surface area contributed by atoms with Crippen molar-refractivity contribution in [2.75, 3.05) is 0 Å². The van der Waals surface area contributed by atoms with Gasteiger partial charge in [-0.3, -0.25) is 4.90 Å². The minimum absolute atomic E-state index is 0.517. The van der Waals surface area contributed by atoms with Crippen LogP contribution in [0.2, 0.25) is 0 Å². The first kappa shape index (κ1) is 11.2. The first-order chi connectivity index (χ1) is 8.28. The third kappa shape index (κ3) is 2.12. The van der Waals surface area contributed by atoms with Gasteiger partial charge in [0, 0.05) is 12.6 Å². The molecule has 1 aromatic rings. The highest BCUT2D eigenvalue weighted by atomic mass is 16.3. The Bertz CT molecular complexity index is 366. The summed E-state index contributed by atoms with van der Waals surface area (Å²) >= 11 is 0. The Hall–Kier alpha value is -0.860. The highest BCUT2D eigenvalue weighted by Gasteiger charge is 2.44. The number of hydrogen-bond donors (Lipinski definition) is 1. The van der Waals surface area contributed by atoms with Crippen LogP contribution in [0.25, 0.3) is 0 Å². The van der Waals surface area contributed by atoms with Gasteiger partial charge < -0.3 is 5.11 Å². The molecule has 2 aliphatic heterocycles. The number of nitrogens with zero attached hydrogens (tertiary/aromatic N) is 1. The van der Waals surface area contributed by atoms with Crippen molar-refractivity contribution >= 4 is 0 Å². The van der Waals surface area contributed by atoms with Gasteiger partial charge in [0.05, 0.1) is 0 Å². The standard InChI is InChI=1S/C15H21NO/c17-15-10-4-8-14(9-5-11-15)16(15)12-13-6-2-1-3-7-13/h1-3,6-7,14,17H,4-5,8-12H2. The fourth-order valence-electron chi connectivity index (χ4n) is 3.51. The van der Waals surface area contributed by atoms with Gasteiger partial charge in [-0.05, 0) is 44.1 Å². The highest BCUT2D eigenvalue weighted by Crippen LogP contribution is 2.41. The number of aliphatic hydroxyl groups is 1. The maximum Gasteiger partial charge on any atom is 0.119 e. The predicted molar refractivity (Wildman–Crippen MR) is 68.4 cm³/mol. The molecule has 0 radical (unpaired) electrons. The molecule has 2 heterocycles. The summed E-state index contributed by atoms with van der Waals surface area (Å²) in [6.07, 6.45) is 6.80. The molecule has 0 unspecified atom stereocenters. The van der Waals surface area contributed by atoms with Gasteiger partial charge in [-0.1, -0.05) is 30.3 Å². The predicted octanol–water partition coefficient (Wildman–Crippen LogP) is 2.91. The fourth-order valence-corrected chi connectivity index (χ4v) is 3.51. The molecule has 1 N–H and O–H groups in total. The zero-order valence-electron chi connectivity index (χ0n) is 10.3. The molecule has 0 amide bonds. The Balaban J connectivity index is 1.81.